The highest BCUT2D eigenvalue weighted by molar-refractivity contribution is 5.92. The summed E-state index contributed by atoms with van der Waals surface area (Å²) in [5.41, 5.74) is 1.42. The minimum absolute atomic E-state index is 0.0351. The second kappa shape index (κ2) is 6.07. The number of rotatable bonds is 4. The molecule has 2 heterocycles. The molecule has 110 valence electrons. The van der Waals surface area contributed by atoms with Crippen molar-refractivity contribution in [2.24, 2.45) is 0 Å². The summed E-state index contributed by atoms with van der Waals surface area (Å²) >= 11 is 0. The third kappa shape index (κ3) is 3.18. The normalized spacial score (nSPS) is 18.6. The summed E-state index contributed by atoms with van der Waals surface area (Å²) in [5.74, 6) is 0.286. The number of likely N-dealkylation sites (tertiary alicyclic amines) is 1. The number of hydrogen-bond acceptors (Lipinski definition) is 3. The number of aromatic amines is 1. The molecular weight excluding hydrogens is 256 g/mol. The Bertz CT molecular complexity index is 495. The molecule has 0 aliphatic carbocycles. The summed E-state index contributed by atoms with van der Waals surface area (Å²) < 4.78 is 0. The number of hydrogen-bond donors (Lipinski definition) is 2. The molecule has 0 aromatic carbocycles. The lowest BCUT2D eigenvalue weighted by Crippen LogP contribution is -2.38. The van der Waals surface area contributed by atoms with Crippen molar-refractivity contribution in [1.82, 2.24) is 20.4 Å². The first-order chi connectivity index (χ1) is 9.51. The fraction of sp³-hybridized carbons (Fsp3) is 0.643. The average molecular weight is 278 g/mol. The molecule has 1 saturated heterocycles. The van der Waals surface area contributed by atoms with Crippen molar-refractivity contribution < 1.29 is 9.59 Å². The summed E-state index contributed by atoms with van der Waals surface area (Å²) in [6.07, 6.45) is 1.28. The quantitative estimate of drug-likeness (QED) is 0.870. The van der Waals surface area contributed by atoms with E-state index in [2.05, 4.69) is 15.5 Å². The largest absolute Gasteiger partial charge is 0.352 e. The molecule has 2 N–H and O–H groups in total. The Labute approximate surface area is 118 Å². The van der Waals surface area contributed by atoms with E-state index >= 15 is 0 Å². The van der Waals surface area contributed by atoms with E-state index in [0.717, 1.165) is 12.1 Å². The van der Waals surface area contributed by atoms with Gasteiger partial charge in [0.25, 0.3) is 5.91 Å². The molecular formula is C14H22N4O2. The summed E-state index contributed by atoms with van der Waals surface area (Å²) in [7, 11) is 0. The second-order valence-electron chi connectivity index (χ2n) is 5.52. The molecule has 1 atom stereocenters. The van der Waals surface area contributed by atoms with Crippen LogP contribution in [0.1, 0.15) is 55.7 Å². The van der Waals surface area contributed by atoms with E-state index in [-0.39, 0.29) is 17.9 Å². The highest BCUT2D eigenvalue weighted by Gasteiger charge is 2.28. The zero-order valence-corrected chi connectivity index (χ0v) is 12.3. The van der Waals surface area contributed by atoms with Gasteiger partial charge in [-0.3, -0.25) is 14.7 Å². The van der Waals surface area contributed by atoms with Gasteiger partial charge in [-0.2, -0.15) is 5.10 Å². The molecule has 0 saturated carbocycles. The fourth-order valence-electron chi connectivity index (χ4n) is 2.31. The van der Waals surface area contributed by atoms with Gasteiger partial charge in [-0.1, -0.05) is 20.8 Å². The van der Waals surface area contributed by atoms with Crippen molar-refractivity contribution in [2.75, 3.05) is 13.1 Å². The van der Waals surface area contributed by atoms with Crippen LogP contribution in [0.4, 0.5) is 0 Å². The first-order valence-corrected chi connectivity index (χ1v) is 7.15. The van der Waals surface area contributed by atoms with E-state index < -0.39 is 0 Å². The topological polar surface area (TPSA) is 78.1 Å². The van der Waals surface area contributed by atoms with Crippen molar-refractivity contribution in [1.29, 1.82) is 0 Å². The van der Waals surface area contributed by atoms with E-state index in [1.807, 2.05) is 26.8 Å². The van der Waals surface area contributed by atoms with Crippen LogP contribution in [0, 0.1) is 0 Å². The Morgan fingerprint density at radius 2 is 2.30 bits per heavy atom. The lowest BCUT2D eigenvalue weighted by Gasteiger charge is -2.16. The number of nitrogens with one attached hydrogen (secondary N) is 2. The lowest BCUT2D eigenvalue weighted by atomic mass is 10.1. The summed E-state index contributed by atoms with van der Waals surface area (Å²) in [5, 5.41) is 9.88. The maximum absolute atomic E-state index is 12.3. The lowest BCUT2D eigenvalue weighted by molar-refractivity contribution is -0.121. The van der Waals surface area contributed by atoms with Crippen molar-refractivity contribution in [3.63, 3.8) is 0 Å². The van der Waals surface area contributed by atoms with Crippen LogP contribution in [0.3, 0.4) is 0 Å². The SMILES string of the molecule is CCC(=O)NC1CCN(C(=O)c2cc(C(C)C)n[nH]2)C1. The van der Waals surface area contributed by atoms with Gasteiger partial charge < -0.3 is 10.2 Å². The van der Waals surface area contributed by atoms with Gasteiger partial charge in [0.15, 0.2) is 0 Å². The molecule has 1 fully saturated rings. The Morgan fingerprint density at radius 1 is 1.55 bits per heavy atom. The number of H-pyrrole nitrogens is 1. The number of carbonyl (C=O) groups excluding carboxylic acids is 2. The number of carbonyl (C=O) groups is 2. The van der Waals surface area contributed by atoms with Gasteiger partial charge in [-0.15, -0.1) is 0 Å². The van der Waals surface area contributed by atoms with Crippen molar-refractivity contribution >= 4 is 11.8 Å². The summed E-state index contributed by atoms with van der Waals surface area (Å²) in [6.45, 7) is 7.14. The first kappa shape index (κ1) is 14.6. The zero-order chi connectivity index (χ0) is 14.7. The Hall–Kier alpha value is -1.85. The Balaban J connectivity index is 1.95. The molecule has 0 radical (unpaired) electrons. The van der Waals surface area contributed by atoms with E-state index in [0.29, 0.717) is 31.1 Å². The van der Waals surface area contributed by atoms with Crippen LogP contribution in [0.5, 0.6) is 0 Å². The van der Waals surface area contributed by atoms with E-state index in [1.165, 1.54) is 0 Å². The molecule has 0 bridgehead atoms. The molecule has 1 aliphatic rings. The molecule has 1 aromatic heterocycles. The van der Waals surface area contributed by atoms with Gasteiger partial charge in [0, 0.05) is 25.6 Å². The van der Waals surface area contributed by atoms with Crippen molar-refractivity contribution in [3.05, 3.63) is 17.5 Å². The molecule has 2 rings (SSSR count). The standard InChI is InChI=1S/C14H22N4O2/c1-4-13(19)15-10-5-6-18(8-10)14(20)12-7-11(9(2)3)16-17-12/h7,9-10H,4-6,8H2,1-3H3,(H,15,19)(H,16,17). The van der Waals surface area contributed by atoms with Crippen LogP contribution < -0.4 is 5.32 Å². The molecule has 2 amide bonds. The minimum Gasteiger partial charge on any atom is -0.352 e. The van der Waals surface area contributed by atoms with Crippen LogP contribution >= 0.6 is 0 Å². The van der Waals surface area contributed by atoms with Gasteiger partial charge >= 0.3 is 0 Å². The van der Waals surface area contributed by atoms with E-state index in [4.69, 9.17) is 0 Å². The maximum atomic E-state index is 12.3. The summed E-state index contributed by atoms with van der Waals surface area (Å²) in [4.78, 5) is 25.4. The average Bonchev–Trinajstić information content (AvgIpc) is 3.06. The van der Waals surface area contributed by atoms with Crippen LogP contribution in [0.2, 0.25) is 0 Å². The van der Waals surface area contributed by atoms with Crippen LogP contribution in [-0.4, -0.2) is 46.0 Å². The number of amides is 2. The molecule has 1 aliphatic heterocycles. The molecule has 1 aromatic rings. The zero-order valence-electron chi connectivity index (χ0n) is 12.3. The van der Waals surface area contributed by atoms with Crippen molar-refractivity contribution in [3.8, 4) is 0 Å². The third-order valence-electron chi connectivity index (χ3n) is 3.58. The predicted octanol–water partition coefficient (Wildman–Crippen LogP) is 1.27. The van der Waals surface area contributed by atoms with Crippen LogP contribution in [-0.2, 0) is 4.79 Å². The van der Waals surface area contributed by atoms with Gasteiger partial charge in [-0.05, 0) is 18.4 Å². The first-order valence-electron chi connectivity index (χ1n) is 7.15. The van der Waals surface area contributed by atoms with E-state index in [1.54, 1.807) is 4.90 Å². The highest BCUT2D eigenvalue weighted by atomic mass is 16.2. The predicted molar refractivity (Wildman–Crippen MR) is 75.4 cm³/mol. The molecule has 20 heavy (non-hydrogen) atoms. The smallest absolute Gasteiger partial charge is 0.271 e. The number of aromatic nitrogens is 2. The highest BCUT2D eigenvalue weighted by Crippen LogP contribution is 2.16. The second-order valence-corrected chi connectivity index (χ2v) is 5.52. The summed E-state index contributed by atoms with van der Waals surface area (Å²) in [6, 6.07) is 1.88. The third-order valence-corrected chi connectivity index (χ3v) is 3.58. The van der Waals surface area contributed by atoms with Gasteiger partial charge in [-0.25, -0.2) is 0 Å². The molecule has 0 spiro atoms. The number of nitrogens with zero attached hydrogens (tertiary/aromatic N) is 2. The molecule has 6 heteroatoms. The molecule has 1 unspecified atom stereocenters. The van der Waals surface area contributed by atoms with Gasteiger partial charge in [0.1, 0.15) is 5.69 Å². The van der Waals surface area contributed by atoms with Crippen LogP contribution in [0.15, 0.2) is 6.07 Å². The molecule has 6 nitrogen and oxygen atoms in total. The van der Waals surface area contributed by atoms with Gasteiger partial charge in [0.05, 0.1) is 5.69 Å². The van der Waals surface area contributed by atoms with Crippen LogP contribution in [0.25, 0.3) is 0 Å². The Kier molecular flexibility index (Phi) is 4.42. The van der Waals surface area contributed by atoms with E-state index in [9.17, 15) is 9.59 Å². The minimum atomic E-state index is -0.0438. The maximum Gasteiger partial charge on any atom is 0.271 e. The monoisotopic (exact) mass is 278 g/mol. The Morgan fingerprint density at radius 3 is 2.90 bits per heavy atom. The van der Waals surface area contributed by atoms with Gasteiger partial charge in [0.2, 0.25) is 5.91 Å². The fourth-order valence-corrected chi connectivity index (χ4v) is 2.31. The van der Waals surface area contributed by atoms with Crippen molar-refractivity contribution in [2.45, 2.75) is 45.6 Å².